The predicted molar refractivity (Wildman–Crippen MR) is 96.8 cm³/mol. The van der Waals surface area contributed by atoms with E-state index in [0.717, 1.165) is 43.1 Å². The third-order valence-corrected chi connectivity index (χ3v) is 5.06. The monoisotopic (exact) mass is 386 g/mol. The van der Waals surface area contributed by atoms with Crippen LogP contribution in [-0.4, -0.2) is 38.7 Å². The minimum atomic E-state index is -0.486. The van der Waals surface area contributed by atoms with Crippen LogP contribution in [0.25, 0.3) is 0 Å². The van der Waals surface area contributed by atoms with Crippen LogP contribution in [0, 0.1) is 17.0 Å². The Bertz CT molecular complexity index is 784. The number of nitrogens with zero attached hydrogens (tertiary/aromatic N) is 4. The quantitative estimate of drug-likeness (QED) is 0.615. The fourth-order valence-corrected chi connectivity index (χ4v) is 3.58. The minimum Gasteiger partial charge on any atom is -0.317 e. The van der Waals surface area contributed by atoms with Gasteiger partial charge in [0, 0.05) is 19.0 Å². The van der Waals surface area contributed by atoms with Gasteiger partial charge in [-0.15, -0.1) is 23.7 Å². The van der Waals surface area contributed by atoms with Crippen LogP contribution in [0.5, 0.6) is 0 Å². The Balaban J connectivity index is 0.00000225. The third-order valence-electron chi connectivity index (χ3n) is 4.02. The number of nitro groups is 1. The third kappa shape index (κ3) is 4.14. The first-order valence-electron chi connectivity index (χ1n) is 7.63. The molecule has 2 aromatic rings. The summed E-state index contributed by atoms with van der Waals surface area (Å²) >= 11 is 1.09. The molecule has 136 valence electrons. The maximum atomic E-state index is 12.3. The van der Waals surface area contributed by atoms with Gasteiger partial charge in [-0.25, -0.2) is 4.68 Å². The van der Waals surface area contributed by atoms with Crippen LogP contribution in [0.2, 0.25) is 0 Å². The molecule has 1 amide bonds. The second-order valence-corrected chi connectivity index (χ2v) is 6.96. The van der Waals surface area contributed by atoms with Crippen LogP contribution in [0.4, 0.5) is 11.6 Å². The van der Waals surface area contributed by atoms with Crippen molar-refractivity contribution >= 4 is 41.3 Å². The molecule has 2 aromatic heterocycles. The summed E-state index contributed by atoms with van der Waals surface area (Å²) in [5.41, 5.74) is -0.0430. The number of rotatable bonds is 4. The molecule has 2 N–H and O–H groups in total. The van der Waals surface area contributed by atoms with E-state index in [-0.39, 0.29) is 28.9 Å². The first-order valence-corrected chi connectivity index (χ1v) is 8.45. The van der Waals surface area contributed by atoms with Crippen molar-refractivity contribution in [2.45, 2.75) is 25.7 Å². The van der Waals surface area contributed by atoms with Crippen LogP contribution >= 0.6 is 23.7 Å². The van der Waals surface area contributed by atoms with E-state index in [1.165, 1.54) is 10.7 Å². The summed E-state index contributed by atoms with van der Waals surface area (Å²) in [6.45, 7) is 3.49. The average molecular weight is 387 g/mol. The summed E-state index contributed by atoms with van der Waals surface area (Å²) in [6.07, 6.45) is 1.93. The molecule has 0 unspecified atom stereocenters. The minimum absolute atomic E-state index is 0. The number of hydrogen-bond donors (Lipinski definition) is 2. The van der Waals surface area contributed by atoms with E-state index in [9.17, 15) is 14.9 Å². The first kappa shape index (κ1) is 19.3. The van der Waals surface area contributed by atoms with E-state index in [4.69, 9.17) is 0 Å². The summed E-state index contributed by atoms with van der Waals surface area (Å²) < 4.78 is 1.53. The Morgan fingerprint density at radius 2 is 2.16 bits per heavy atom. The number of amides is 1. The summed E-state index contributed by atoms with van der Waals surface area (Å²) in [7, 11) is 1.72. The Labute approximate surface area is 154 Å². The van der Waals surface area contributed by atoms with Gasteiger partial charge in [0.05, 0.1) is 14.7 Å². The van der Waals surface area contributed by atoms with Crippen molar-refractivity contribution in [3.8, 4) is 0 Å². The molecule has 0 atom stereocenters. The van der Waals surface area contributed by atoms with E-state index < -0.39 is 10.8 Å². The SMILES string of the molecule is Cc1sc(C(=O)Nc2nc(C3CCNCC3)nn2C)cc1[N+](=O)[O-].Cl. The summed E-state index contributed by atoms with van der Waals surface area (Å²) in [6, 6.07) is 1.29. The van der Waals surface area contributed by atoms with Gasteiger partial charge < -0.3 is 5.32 Å². The zero-order valence-electron chi connectivity index (χ0n) is 13.8. The molecule has 0 saturated carbocycles. The molecule has 0 aliphatic carbocycles. The van der Waals surface area contributed by atoms with Gasteiger partial charge in [0.25, 0.3) is 11.6 Å². The van der Waals surface area contributed by atoms with Gasteiger partial charge in [0.15, 0.2) is 5.82 Å². The molecule has 0 bridgehead atoms. The highest BCUT2D eigenvalue weighted by molar-refractivity contribution is 7.14. The smallest absolute Gasteiger partial charge is 0.283 e. The number of hydrogen-bond acceptors (Lipinski definition) is 7. The Hall–Kier alpha value is -2.04. The summed E-state index contributed by atoms with van der Waals surface area (Å²) in [4.78, 5) is 27.9. The number of aryl methyl sites for hydroxylation is 2. The number of piperidine rings is 1. The number of halogens is 1. The molecule has 0 radical (unpaired) electrons. The number of anilines is 1. The van der Waals surface area contributed by atoms with Crippen LogP contribution in [0.1, 0.15) is 39.1 Å². The molecule has 1 aliphatic rings. The largest absolute Gasteiger partial charge is 0.317 e. The van der Waals surface area contributed by atoms with E-state index in [1.54, 1.807) is 14.0 Å². The van der Waals surface area contributed by atoms with Crippen molar-refractivity contribution in [3.05, 3.63) is 31.8 Å². The van der Waals surface area contributed by atoms with Gasteiger partial charge in [0.2, 0.25) is 5.95 Å². The van der Waals surface area contributed by atoms with Crippen LogP contribution in [-0.2, 0) is 7.05 Å². The maximum absolute atomic E-state index is 12.3. The normalized spacial score (nSPS) is 14.8. The van der Waals surface area contributed by atoms with Crippen molar-refractivity contribution in [1.29, 1.82) is 0 Å². The van der Waals surface area contributed by atoms with Crippen molar-refractivity contribution < 1.29 is 9.72 Å². The molecule has 3 rings (SSSR count). The van der Waals surface area contributed by atoms with Crippen LogP contribution < -0.4 is 10.6 Å². The topological polar surface area (TPSA) is 115 Å². The lowest BCUT2D eigenvalue weighted by Gasteiger charge is -2.19. The van der Waals surface area contributed by atoms with Gasteiger partial charge in [-0.1, -0.05) is 0 Å². The predicted octanol–water partition coefficient (Wildman–Crippen LogP) is 2.23. The van der Waals surface area contributed by atoms with E-state index in [2.05, 4.69) is 20.7 Å². The Kier molecular flexibility index (Phi) is 6.09. The van der Waals surface area contributed by atoms with Gasteiger partial charge >= 0.3 is 0 Å². The fourth-order valence-electron chi connectivity index (χ4n) is 2.69. The fraction of sp³-hybridized carbons (Fsp3) is 0.500. The average Bonchev–Trinajstić information content (AvgIpc) is 3.12. The Morgan fingerprint density at radius 1 is 1.48 bits per heavy atom. The second-order valence-electron chi connectivity index (χ2n) is 5.70. The lowest BCUT2D eigenvalue weighted by atomic mass is 9.98. The lowest BCUT2D eigenvalue weighted by molar-refractivity contribution is -0.385. The van der Waals surface area contributed by atoms with E-state index in [1.807, 2.05) is 0 Å². The molecular weight excluding hydrogens is 368 g/mol. The molecule has 3 heterocycles. The maximum Gasteiger partial charge on any atom is 0.283 e. The second kappa shape index (κ2) is 7.89. The van der Waals surface area contributed by atoms with Crippen LogP contribution in [0.3, 0.4) is 0 Å². The number of nitrogens with one attached hydrogen (secondary N) is 2. The molecule has 0 aromatic carbocycles. The van der Waals surface area contributed by atoms with Gasteiger partial charge in [0.1, 0.15) is 0 Å². The highest BCUT2D eigenvalue weighted by Crippen LogP contribution is 2.29. The summed E-state index contributed by atoms with van der Waals surface area (Å²) in [5.74, 6) is 0.946. The number of thiophene rings is 1. The van der Waals surface area contributed by atoms with Gasteiger partial charge in [-0.2, -0.15) is 10.1 Å². The lowest BCUT2D eigenvalue weighted by Crippen LogP contribution is -2.27. The molecule has 25 heavy (non-hydrogen) atoms. The number of carbonyl (C=O) groups excluding carboxylic acids is 1. The molecule has 1 aliphatic heterocycles. The molecule has 0 spiro atoms. The standard InChI is InChI=1S/C14H18N6O3S.ClH/c1-8-10(20(22)23)7-11(24-8)13(21)17-14-16-12(18-19(14)2)9-3-5-15-6-4-9;/h7,9,15H,3-6H2,1-2H3,(H,16,17,18,21);1H. The highest BCUT2D eigenvalue weighted by atomic mass is 35.5. The molecule has 1 saturated heterocycles. The zero-order valence-corrected chi connectivity index (χ0v) is 15.4. The number of carbonyl (C=O) groups is 1. The molecule has 11 heteroatoms. The molecule has 9 nitrogen and oxygen atoms in total. The highest BCUT2D eigenvalue weighted by Gasteiger charge is 2.23. The summed E-state index contributed by atoms with van der Waals surface area (Å²) in [5, 5.41) is 21.3. The first-order chi connectivity index (χ1) is 11.5. The van der Waals surface area contributed by atoms with E-state index in [0.29, 0.717) is 10.8 Å². The van der Waals surface area contributed by atoms with Crippen molar-refractivity contribution in [2.75, 3.05) is 18.4 Å². The van der Waals surface area contributed by atoms with Crippen molar-refractivity contribution in [3.63, 3.8) is 0 Å². The number of aromatic nitrogens is 3. The van der Waals surface area contributed by atoms with Crippen molar-refractivity contribution in [1.82, 2.24) is 20.1 Å². The van der Waals surface area contributed by atoms with Gasteiger partial charge in [-0.05, 0) is 32.9 Å². The van der Waals surface area contributed by atoms with Gasteiger partial charge in [-0.3, -0.25) is 20.2 Å². The molecule has 1 fully saturated rings. The Morgan fingerprint density at radius 3 is 2.76 bits per heavy atom. The van der Waals surface area contributed by atoms with Crippen molar-refractivity contribution in [2.24, 2.45) is 7.05 Å². The van der Waals surface area contributed by atoms with Crippen LogP contribution in [0.15, 0.2) is 6.07 Å². The molecular formula is C14H19ClN6O3S. The van der Waals surface area contributed by atoms with E-state index >= 15 is 0 Å². The zero-order chi connectivity index (χ0) is 17.3.